The predicted molar refractivity (Wildman–Crippen MR) is 133 cm³/mol. The first-order chi connectivity index (χ1) is 16.3. The minimum Gasteiger partial charge on any atom is -0.550 e. The maximum Gasteiger partial charge on any atom is 0.303 e. The molecule has 0 saturated heterocycles. The number of carbonyl (C=O) groups excluding carboxylic acids is 1. The van der Waals surface area contributed by atoms with E-state index >= 15 is 0 Å². The number of carboxylic acids is 3. The maximum atomic E-state index is 11.0. The van der Waals surface area contributed by atoms with Crippen LogP contribution in [0.15, 0.2) is 12.2 Å². The van der Waals surface area contributed by atoms with Crippen molar-refractivity contribution in [3.05, 3.63) is 12.2 Å². The highest BCUT2D eigenvalue weighted by Gasteiger charge is 2.26. The predicted octanol–water partition coefficient (Wildman–Crippen LogP) is 4.93. The number of hydrogen-bond donors (Lipinski definition) is 2. The lowest BCUT2D eigenvalue weighted by Gasteiger charge is -2.38. The smallest absolute Gasteiger partial charge is 0.303 e. The summed E-state index contributed by atoms with van der Waals surface area (Å²) in [5.41, 5.74) is 0. The number of unbranched alkanes of at least 4 members (excludes halogenated alkanes) is 10. The lowest BCUT2D eigenvalue weighted by Crippen LogP contribution is -2.50. The topological polar surface area (TPSA) is 115 Å². The number of allylic oxidation sites excluding steroid dienone is 1. The molecular formula is C27H49NO6. The maximum absolute atomic E-state index is 11.0. The average Bonchev–Trinajstić information content (AvgIpc) is 2.76. The molecule has 2 N–H and O–H groups in total. The van der Waals surface area contributed by atoms with Gasteiger partial charge in [-0.2, -0.15) is 0 Å². The first-order valence-corrected chi connectivity index (χ1v) is 13.4. The van der Waals surface area contributed by atoms with E-state index in [0.29, 0.717) is 49.9 Å². The summed E-state index contributed by atoms with van der Waals surface area (Å²) in [6, 6.07) is 0. The summed E-state index contributed by atoms with van der Waals surface area (Å²) < 4.78 is 0.530. The van der Waals surface area contributed by atoms with E-state index in [2.05, 4.69) is 19.1 Å². The van der Waals surface area contributed by atoms with Crippen molar-refractivity contribution in [2.75, 3.05) is 26.2 Å². The minimum atomic E-state index is -1.09. The number of carboxylic acid groups (broad SMARTS) is 3. The van der Waals surface area contributed by atoms with Crippen LogP contribution in [0.2, 0.25) is 0 Å². The van der Waals surface area contributed by atoms with Crippen LogP contribution in [0, 0.1) is 0 Å². The Morgan fingerprint density at radius 3 is 1.53 bits per heavy atom. The second-order valence-electron chi connectivity index (χ2n) is 9.61. The molecule has 0 amide bonds. The Kier molecular flexibility index (Phi) is 20.4. The minimum absolute atomic E-state index is 0.0415. The SMILES string of the molecule is CCCCCCCCCCCC/C=C/C[N+](CCCC(=O)[O-])(CCCC(=O)O)CCCC(=O)O. The van der Waals surface area contributed by atoms with Gasteiger partial charge in [-0.1, -0.05) is 70.8 Å². The third-order valence-corrected chi connectivity index (χ3v) is 6.44. The lowest BCUT2D eigenvalue weighted by molar-refractivity contribution is -0.923. The van der Waals surface area contributed by atoms with Crippen LogP contribution < -0.4 is 5.11 Å². The quantitative estimate of drug-likeness (QED) is 0.108. The van der Waals surface area contributed by atoms with Gasteiger partial charge in [-0.05, 0) is 25.3 Å². The van der Waals surface area contributed by atoms with Gasteiger partial charge in [0.1, 0.15) is 0 Å². The Bertz CT molecular complexity index is 525. The van der Waals surface area contributed by atoms with E-state index in [1.54, 1.807) is 0 Å². The van der Waals surface area contributed by atoms with E-state index in [9.17, 15) is 19.5 Å². The molecule has 0 heterocycles. The molecule has 0 unspecified atom stereocenters. The molecule has 0 spiro atoms. The third-order valence-electron chi connectivity index (χ3n) is 6.44. The molecule has 0 fully saturated rings. The Labute approximate surface area is 206 Å². The van der Waals surface area contributed by atoms with Gasteiger partial charge in [0.25, 0.3) is 0 Å². The van der Waals surface area contributed by atoms with Gasteiger partial charge in [0.2, 0.25) is 0 Å². The molecule has 0 aliphatic carbocycles. The second-order valence-corrected chi connectivity index (χ2v) is 9.61. The van der Waals surface area contributed by atoms with Gasteiger partial charge in [-0.3, -0.25) is 9.59 Å². The molecule has 34 heavy (non-hydrogen) atoms. The van der Waals surface area contributed by atoms with Gasteiger partial charge < -0.3 is 24.6 Å². The molecule has 0 rings (SSSR count). The summed E-state index contributed by atoms with van der Waals surface area (Å²) in [5, 5.41) is 28.9. The fraction of sp³-hybridized carbons (Fsp3) is 0.815. The summed E-state index contributed by atoms with van der Waals surface area (Å²) in [6.07, 6.45) is 19.8. The van der Waals surface area contributed by atoms with Gasteiger partial charge in [0.15, 0.2) is 0 Å². The third kappa shape index (κ3) is 20.7. The van der Waals surface area contributed by atoms with Crippen LogP contribution in [0.1, 0.15) is 116 Å². The number of aliphatic carboxylic acids is 3. The van der Waals surface area contributed by atoms with E-state index in [1.165, 1.54) is 57.8 Å². The van der Waals surface area contributed by atoms with Crippen molar-refractivity contribution in [1.82, 2.24) is 0 Å². The van der Waals surface area contributed by atoms with E-state index < -0.39 is 17.9 Å². The van der Waals surface area contributed by atoms with Crippen molar-refractivity contribution < 1.29 is 34.2 Å². The Balaban J connectivity index is 4.55. The molecule has 0 saturated carbocycles. The van der Waals surface area contributed by atoms with Crippen molar-refractivity contribution in [2.24, 2.45) is 0 Å². The lowest BCUT2D eigenvalue weighted by atomic mass is 10.1. The van der Waals surface area contributed by atoms with Crippen LogP contribution in [0.3, 0.4) is 0 Å². The van der Waals surface area contributed by atoms with Crippen molar-refractivity contribution in [3.63, 3.8) is 0 Å². The van der Waals surface area contributed by atoms with Crippen LogP contribution in [0.25, 0.3) is 0 Å². The molecule has 0 atom stereocenters. The molecule has 0 radical (unpaired) electrons. The van der Waals surface area contributed by atoms with Gasteiger partial charge in [0.05, 0.1) is 39.0 Å². The van der Waals surface area contributed by atoms with Crippen molar-refractivity contribution >= 4 is 17.9 Å². The van der Waals surface area contributed by atoms with E-state index in [4.69, 9.17) is 10.2 Å². The molecular weight excluding hydrogens is 434 g/mol. The first-order valence-electron chi connectivity index (χ1n) is 13.4. The van der Waals surface area contributed by atoms with Crippen molar-refractivity contribution in [2.45, 2.75) is 116 Å². The Morgan fingerprint density at radius 2 is 1.09 bits per heavy atom. The molecule has 0 aromatic rings. The summed E-state index contributed by atoms with van der Waals surface area (Å²) in [6.45, 7) is 4.69. The second kappa shape index (κ2) is 21.6. The largest absolute Gasteiger partial charge is 0.550 e. The highest BCUT2D eigenvalue weighted by Crippen LogP contribution is 2.16. The number of quaternary nitrogens is 1. The Morgan fingerprint density at radius 1 is 0.647 bits per heavy atom. The monoisotopic (exact) mass is 483 g/mol. The molecule has 7 nitrogen and oxygen atoms in total. The highest BCUT2D eigenvalue weighted by atomic mass is 16.4. The van der Waals surface area contributed by atoms with Crippen molar-refractivity contribution in [1.29, 1.82) is 0 Å². The number of carbonyl (C=O) groups is 3. The first kappa shape index (κ1) is 32.1. The van der Waals surface area contributed by atoms with Crippen LogP contribution in [0.5, 0.6) is 0 Å². The fourth-order valence-corrected chi connectivity index (χ4v) is 4.47. The fourth-order valence-electron chi connectivity index (χ4n) is 4.47. The van der Waals surface area contributed by atoms with Crippen LogP contribution >= 0.6 is 0 Å². The molecule has 0 aliphatic rings. The van der Waals surface area contributed by atoms with E-state index in [1.807, 2.05) is 0 Å². The number of hydrogen-bond acceptors (Lipinski definition) is 4. The van der Waals surface area contributed by atoms with Crippen LogP contribution in [0.4, 0.5) is 0 Å². The summed E-state index contributed by atoms with van der Waals surface area (Å²) in [7, 11) is 0. The molecule has 0 aromatic carbocycles. The molecule has 0 aliphatic heterocycles. The zero-order valence-corrected chi connectivity index (χ0v) is 21.5. The van der Waals surface area contributed by atoms with Gasteiger partial charge in [-0.25, -0.2) is 0 Å². The molecule has 198 valence electrons. The summed E-state index contributed by atoms with van der Waals surface area (Å²) >= 11 is 0. The van der Waals surface area contributed by atoms with Gasteiger partial charge in [-0.15, -0.1) is 0 Å². The Hall–Kier alpha value is -1.89. The van der Waals surface area contributed by atoms with Crippen LogP contribution in [-0.2, 0) is 14.4 Å². The van der Waals surface area contributed by atoms with Gasteiger partial charge >= 0.3 is 11.9 Å². The van der Waals surface area contributed by atoms with E-state index in [-0.39, 0.29) is 19.3 Å². The average molecular weight is 484 g/mol. The summed E-state index contributed by atoms with van der Waals surface area (Å²) in [4.78, 5) is 32.9. The standard InChI is InChI=1S/C27H49NO6/c1-2-3-4-5-6-7-8-9-10-11-12-13-14-21-28(22-15-18-25(29)30,23-16-19-26(31)32)24-17-20-27(33)34/h13-14H,2-12,15-24H2,1H3,(H2-,29,30,31,32,33,34)/b14-13+. The normalized spacial score (nSPS) is 11.8. The molecule has 0 bridgehead atoms. The van der Waals surface area contributed by atoms with Crippen LogP contribution in [-0.4, -0.2) is 58.8 Å². The molecule has 0 aromatic heterocycles. The number of nitrogens with zero attached hydrogens (tertiary/aromatic N) is 1. The van der Waals surface area contributed by atoms with Gasteiger partial charge in [0, 0.05) is 25.2 Å². The zero-order chi connectivity index (χ0) is 25.5. The highest BCUT2D eigenvalue weighted by molar-refractivity contribution is 5.66. The number of rotatable bonds is 25. The summed E-state index contributed by atoms with van der Waals surface area (Å²) in [5.74, 6) is -2.80. The van der Waals surface area contributed by atoms with Crippen molar-refractivity contribution in [3.8, 4) is 0 Å². The molecule has 7 heteroatoms. The van der Waals surface area contributed by atoms with E-state index in [0.717, 1.165) is 12.8 Å². The zero-order valence-electron chi connectivity index (χ0n) is 21.5.